The molecule has 27 heavy (non-hydrogen) atoms. The summed E-state index contributed by atoms with van der Waals surface area (Å²) in [7, 11) is 0. The zero-order chi connectivity index (χ0) is 18.8. The highest BCUT2D eigenvalue weighted by Gasteiger charge is 2.31. The van der Waals surface area contributed by atoms with Gasteiger partial charge in [-0.05, 0) is 31.9 Å². The summed E-state index contributed by atoms with van der Waals surface area (Å²) in [6, 6.07) is 7.42. The Morgan fingerprint density at radius 1 is 1.15 bits per heavy atom. The minimum atomic E-state index is -0.155. The minimum absolute atomic E-state index is 0.00407. The maximum absolute atomic E-state index is 12.7. The SMILES string of the molecule is CC(C(=O)NC1CC1)N1CCN(C(=O)c2ccc(-c3ncon3)cc2)CC1. The lowest BCUT2D eigenvalue weighted by molar-refractivity contribution is -0.126. The molecule has 1 unspecified atom stereocenters. The summed E-state index contributed by atoms with van der Waals surface area (Å²) < 4.78 is 4.74. The van der Waals surface area contributed by atoms with Crippen LogP contribution in [-0.4, -0.2) is 70.0 Å². The quantitative estimate of drug-likeness (QED) is 0.850. The summed E-state index contributed by atoms with van der Waals surface area (Å²) in [5.41, 5.74) is 1.44. The van der Waals surface area contributed by atoms with Gasteiger partial charge in [-0.2, -0.15) is 4.98 Å². The fraction of sp³-hybridized carbons (Fsp3) is 0.474. The molecule has 1 aromatic heterocycles. The van der Waals surface area contributed by atoms with Crippen LogP contribution in [0.2, 0.25) is 0 Å². The standard InChI is InChI=1S/C19H23N5O3/c1-13(18(25)21-16-6-7-16)23-8-10-24(11-9-23)19(26)15-4-2-14(3-5-15)17-20-12-27-22-17/h2-5,12-13,16H,6-11H2,1H3,(H,21,25). The number of piperazine rings is 1. The molecule has 1 saturated carbocycles. The van der Waals surface area contributed by atoms with E-state index in [0.29, 0.717) is 43.6 Å². The van der Waals surface area contributed by atoms with Gasteiger partial charge in [0.2, 0.25) is 18.1 Å². The Labute approximate surface area is 157 Å². The molecule has 2 aliphatic rings. The van der Waals surface area contributed by atoms with E-state index in [4.69, 9.17) is 4.52 Å². The minimum Gasteiger partial charge on any atom is -0.352 e. The zero-order valence-corrected chi connectivity index (χ0v) is 15.3. The van der Waals surface area contributed by atoms with E-state index >= 15 is 0 Å². The van der Waals surface area contributed by atoms with Gasteiger partial charge >= 0.3 is 0 Å². The van der Waals surface area contributed by atoms with Gasteiger partial charge in [-0.1, -0.05) is 17.3 Å². The van der Waals surface area contributed by atoms with Crippen molar-refractivity contribution >= 4 is 11.8 Å². The van der Waals surface area contributed by atoms with Crippen LogP contribution in [0.25, 0.3) is 11.4 Å². The third-order valence-electron chi connectivity index (χ3n) is 5.20. The van der Waals surface area contributed by atoms with Crippen molar-refractivity contribution in [1.82, 2.24) is 25.3 Å². The van der Waals surface area contributed by atoms with Crippen molar-refractivity contribution in [3.63, 3.8) is 0 Å². The van der Waals surface area contributed by atoms with Crippen LogP contribution in [0, 0.1) is 0 Å². The van der Waals surface area contributed by atoms with Crippen molar-refractivity contribution in [3.8, 4) is 11.4 Å². The molecule has 2 aromatic rings. The summed E-state index contributed by atoms with van der Waals surface area (Å²) in [6.45, 7) is 4.57. The van der Waals surface area contributed by atoms with Crippen molar-refractivity contribution < 1.29 is 14.1 Å². The maximum Gasteiger partial charge on any atom is 0.253 e. The van der Waals surface area contributed by atoms with Gasteiger partial charge in [0, 0.05) is 43.3 Å². The molecule has 1 saturated heterocycles. The lowest BCUT2D eigenvalue weighted by atomic mass is 10.1. The molecule has 1 aliphatic carbocycles. The number of carbonyl (C=O) groups is 2. The second kappa shape index (κ2) is 7.48. The molecule has 0 spiro atoms. The van der Waals surface area contributed by atoms with Crippen LogP contribution in [0.5, 0.6) is 0 Å². The molecule has 0 radical (unpaired) electrons. The van der Waals surface area contributed by atoms with E-state index in [1.54, 1.807) is 12.1 Å². The summed E-state index contributed by atoms with van der Waals surface area (Å²) in [6.07, 6.45) is 3.46. The van der Waals surface area contributed by atoms with Crippen LogP contribution in [-0.2, 0) is 4.79 Å². The number of hydrogen-bond acceptors (Lipinski definition) is 6. The number of amides is 2. The molecule has 2 amide bonds. The number of nitrogens with zero attached hydrogens (tertiary/aromatic N) is 4. The van der Waals surface area contributed by atoms with Gasteiger partial charge < -0.3 is 14.7 Å². The van der Waals surface area contributed by atoms with E-state index in [1.165, 1.54) is 6.39 Å². The molecule has 8 heteroatoms. The molecule has 1 atom stereocenters. The summed E-state index contributed by atoms with van der Waals surface area (Å²) in [5.74, 6) is 0.597. The molecule has 142 valence electrons. The third kappa shape index (κ3) is 4.00. The first kappa shape index (κ1) is 17.7. The molecule has 1 aliphatic heterocycles. The smallest absolute Gasteiger partial charge is 0.253 e. The van der Waals surface area contributed by atoms with Crippen LogP contribution < -0.4 is 5.32 Å². The van der Waals surface area contributed by atoms with Crippen molar-refractivity contribution in [2.24, 2.45) is 0 Å². The normalized spacial score (nSPS) is 18.9. The summed E-state index contributed by atoms with van der Waals surface area (Å²) >= 11 is 0. The van der Waals surface area contributed by atoms with E-state index in [1.807, 2.05) is 24.0 Å². The second-order valence-electron chi connectivity index (χ2n) is 7.12. The van der Waals surface area contributed by atoms with Gasteiger partial charge in [0.05, 0.1) is 6.04 Å². The average Bonchev–Trinajstić information content (AvgIpc) is 3.35. The first-order chi connectivity index (χ1) is 13.1. The number of aromatic nitrogens is 2. The zero-order valence-electron chi connectivity index (χ0n) is 15.3. The first-order valence-electron chi connectivity index (χ1n) is 9.32. The predicted octanol–water partition coefficient (Wildman–Crippen LogP) is 1.16. The highest BCUT2D eigenvalue weighted by Crippen LogP contribution is 2.20. The van der Waals surface area contributed by atoms with Crippen LogP contribution in [0.15, 0.2) is 35.2 Å². The molecule has 2 heterocycles. The van der Waals surface area contributed by atoms with Gasteiger partial charge in [-0.15, -0.1) is 0 Å². The molecule has 1 N–H and O–H groups in total. The molecule has 8 nitrogen and oxygen atoms in total. The molecule has 0 bridgehead atoms. The van der Waals surface area contributed by atoms with Crippen LogP contribution in [0.4, 0.5) is 0 Å². The maximum atomic E-state index is 12.7. The molecule has 1 aromatic carbocycles. The lowest BCUT2D eigenvalue weighted by Gasteiger charge is -2.37. The highest BCUT2D eigenvalue weighted by molar-refractivity contribution is 5.94. The van der Waals surface area contributed by atoms with Crippen molar-refractivity contribution in [1.29, 1.82) is 0 Å². The largest absolute Gasteiger partial charge is 0.352 e. The van der Waals surface area contributed by atoms with Crippen molar-refractivity contribution in [2.45, 2.75) is 31.8 Å². The lowest BCUT2D eigenvalue weighted by Crippen LogP contribution is -2.55. The van der Waals surface area contributed by atoms with E-state index in [9.17, 15) is 9.59 Å². The monoisotopic (exact) mass is 369 g/mol. The van der Waals surface area contributed by atoms with Gasteiger partial charge in [0.25, 0.3) is 5.91 Å². The van der Waals surface area contributed by atoms with Crippen LogP contribution >= 0.6 is 0 Å². The molecular weight excluding hydrogens is 346 g/mol. The number of benzene rings is 1. The molecule has 4 rings (SSSR count). The Hall–Kier alpha value is -2.74. The van der Waals surface area contributed by atoms with Crippen molar-refractivity contribution in [3.05, 3.63) is 36.2 Å². The van der Waals surface area contributed by atoms with Gasteiger partial charge in [-0.3, -0.25) is 14.5 Å². The Balaban J connectivity index is 1.32. The Bertz CT molecular complexity index is 793. The number of rotatable bonds is 5. The number of hydrogen-bond donors (Lipinski definition) is 1. The van der Waals surface area contributed by atoms with Crippen LogP contribution in [0.1, 0.15) is 30.1 Å². The Morgan fingerprint density at radius 3 is 2.44 bits per heavy atom. The first-order valence-corrected chi connectivity index (χ1v) is 9.32. The predicted molar refractivity (Wildman–Crippen MR) is 97.8 cm³/mol. The van der Waals surface area contributed by atoms with Gasteiger partial charge in [0.15, 0.2) is 0 Å². The number of nitrogens with one attached hydrogen (secondary N) is 1. The number of carbonyl (C=O) groups excluding carboxylic acids is 2. The Morgan fingerprint density at radius 2 is 1.85 bits per heavy atom. The fourth-order valence-corrected chi connectivity index (χ4v) is 3.27. The highest BCUT2D eigenvalue weighted by atomic mass is 16.5. The summed E-state index contributed by atoms with van der Waals surface area (Å²) in [4.78, 5) is 32.9. The van der Waals surface area contributed by atoms with Gasteiger partial charge in [-0.25, -0.2) is 0 Å². The van der Waals surface area contributed by atoms with E-state index in [2.05, 4.69) is 20.4 Å². The van der Waals surface area contributed by atoms with E-state index < -0.39 is 0 Å². The van der Waals surface area contributed by atoms with E-state index in [-0.39, 0.29) is 17.9 Å². The van der Waals surface area contributed by atoms with Crippen LogP contribution in [0.3, 0.4) is 0 Å². The Kier molecular flexibility index (Phi) is 4.89. The molecule has 2 fully saturated rings. The van der Waals surface area contributed by atoms with E-state index in [0.717, 1.165) is 18.4 Å². The fourth-order valence-electron chi connectivity index (χ4n) is 3.27. The third-order valence-corrected chi connectivity index (χ3v) is 5.20. The molecular formula is C19H23N5O3. The topological polar surface area (TPSA) is 91.6 Å². The average molecular weight is 369 g/mol. The summed E-state index contributed by atoms with van der Waals surface area (Å²) in [5, 5.41) is 6.84. The van der Waals surface area contributed by atoms with Gasteiger partial charge in [0.1, 0.15) is 0 Å². The van der Waals surface area contributed by atoms with Crippen molar-refractivity contribution in [2.75, 3.05) is 26.2 Å². The second-order valence-corrected chi connectivity index (χ2v) is 7.12.